The van der Waals surface area contributed by atoms with Crippen LogP contribution in [0, 0.1) is 5.82 Å². The van der Waals surface area contributed by atoms with Gasteiger partial charge >= 0.3 is 0 Å². The van der Waals surface area contributed by atoms with Crippen molar-refractivity contribution in [3.8, 4) is 0 Å². The van der Waals surface area contributed by atoms with E-state index in [9.17, 15) is 18.8 Å². The van der Waals surface area contributed by atoms with Crippen LogP contribution in [0.5, 0.6) is 0 Å². The quantitative estimate of drug-likeness (QED) is 0.437. The Morgan fingerprint density at radius 1 is 1.12 bits per heavy atom. The standard InChI is InChI=1S/C23H26FN3O5Si/c1-31-13-14-5-7-15(8-6-14)21(26-22(29)18-12-20(28)27-32-18)23(30)25-16-9-10-19(17(24)11-16)33(2,3)4/h5-12,21H,13H2,1-4H3,(H,25,30)(H,26,29)(H,27,28)/t21-/m1/s1. The fourth-order valence-corrected chi connectivity index (χ4v) is 4.66. The SMILES string of the molecule is COCc1ccc([C@@H](NC(=O)c2cc(=O)[nH]o2)C(=O)Nc2ccc([Si](C)(C)C)c(F)c2)cc1. The number of methoxy groups -OCH3 is 1. The van der Waals surface area contributed by atoms with Crippen LogP contribution < -0.4 is 21.4 Å². The van der Waals surface area contributed by atoms with Crippen LogP contribution in [0.25, 0.3) is 0 Å². The Labute approximate surface area is 191 Å². The zero-order valence-electron chi connectivity index (χ0n) is 18.8. The maximum Gasteiger partial charge on any atom is 0.290 e. The minimum atomic E-state index is -1.88. The molecule has 0 aliphatic rings. The highest BCUT2D eigenvalue weighted by molar-refractivity contribution is 6.88. The van der Waals surface area contributed by atoms with Crippen molar-refractivity contribution in [1.29, 1.82) is 0 Å². The number of rotatable bonds is 8. The van der Waals surface area contributed by atoms with Crippen LogP contribution in [0.2, 0.25) is 19.6 Å². The van der Waals surface area contributed by atoms with E-state index < -0.39 is 31.5 Å². The molecule has 0 aliphatic heterocycles. The van der Waals surface area contributed by atoms with Crippen molar-refractivity contribution in [1.82, 2.24) is 10.5 Å². The molecule has 0 unspecified atom stereocenters. The minimum absolute atomic E-state index is 0.265. The van der Waals surface area contributed by atoms with E-state index in [2.05, 4.69) is 10.6 Å². The van der Waals surface area contributed by atoms with E-state index in [1.54, 1.807) is 43.5 Å². The fraction of sp³-hybridized carbons (Fsp3) is 0.261. The highest BCUT2D eigenvalue weighted by Crippen LogP contribution is 2.19. The van der Waals surface area contributed by atoms with Crippen LogP contribution in [-0.2, 0) is 16.1 Å². The van der Waals surface area contributed by atoms with Gasteiger partial charge in [-0.15, -0.1) is 0 Å². The molecule has 1 atom stereocenters. The first-order valence-corrected chi connectivity index (χ1v) is 13.8. The summed E-state index contributed by atoms with van der Waals surface area (Å²) in [7, 11) is -0.308. The highest BCUT2D eigenvalue weighted by atomic mass is 28.3. The van der Waals surface area contributed by atoms with Gasteiger partial charge in [0.2, 0.25) is 5.76 Å². The number of hydrogen-bond acceptors (Lipinski definition) is 5. The molecule has 33 heavy (non-hydrogen) atoms. The maximum atomic E-state index is 14.6. The molecule has 2 aromatic carbocycles. The maximum absolute atomic E-state index is 14.6. The first-order chi connectivity index (χ1) is 15.6. The number of ether oxygens (including phenoxy) is 1. The van der Waals surface area contributed by atoms with Gasteiger partial charge in [-0.25, -0.2) is 4.39 Å². The Morgan fingerprint density at radius 2 is 1.82 bits per heavy atom. The van der Waals surface area contributed by atoms with Crippen LogP contribution in [-0.4, -0.2) is 32.2 Å². The number of aromatic nitrogens is 1. The van der Waals surface area contributed by atoms with Crippen molar-refractivity contribution in [3.05, 3.63) is 81.6 Å². The molecule has 174 valence electrons. The average Bonchev–Trinajstić information content (AvgIpc) is 3.18. The van der Waals surface area contributed by atoms with Gasteiger partial charge in [0.1, 0.15) is 11.9 Å². The van der Waals surface area contributed by atoms with Gasteiger partial charge in [-0.05, 0) is 28.4 Å². The lowest BCUT2D eigenvalue weighted by Crippen LogP contribution is -2.40. The van der Waals surface area contributed by atoms with E-state index in [4.69, 9.17) is 9.26 Å². The predicted octanol–water partition coefficient (Wildman–Crippen LogP) is 2.91. The van der Waals surface area contributed by atoms with Crippen LogP contribution in [0.1, 0.15) is 27.7 Å². The second-order valence-electron chi connectivity index (χ2n) is 8.59. The van der Waals surface area contributed by atoms with E-state index in [-0.39, 0.29) is 17.3 Å². The van der Waals surface area contributed by atoms with Gasteiger partial charge in [0.15, 0.2) is 0 Å². The monoisotopic (exact) mass is 471 g/mol. The van der Waals surface area contributed by atoms with Gasteiger partial charge in [0.05, 0.1) is 20.7 Å². The van der Waals surface area contributed by atoms with E-state index >= 15 is 0 Å². The van der Waals surface area contributed by atoms with E-state index in [0.717, 1.165) is 11.6 Å². The number of hydrogen-bond donors (Lipinski definition) is 3. The van der Waals surface area contributed by atoms with Crippen molar-refractivity contribution in [2.75, 3.05) is 12.4 Å². The van der Waals surface area contributed by atoms with Crippen LogP contribution >= 0.6 is 0 Å². The number of benzene rings is 2. The molecule has 0 bridgehead atoms. The largest absolute Gasteiger partial charge is 0.380 e. The summed E-state index contributed by atoms with van der Waals surface area (Å²) in [6, 6.07) is 11.3. The number of carbonyl (C=O) groups is 2. The first-order valence-electron chi connectivity index (χ1n) is 10.3. The number of halogens is 1. The third-order valence-electron chi connectivity index (χ3n) is 4.95. The molecule has 0 aliphatic carbocycles. The number of anilines is 1. The van der Waals surface area contributed by atoms with Gasteiger partial charge in [0.25, 0.3) is 17.4 Å². The second-order valence-corrected chi connectivity index (χ2v) is 13.6. The van der Waals surface area contributed by atoms with Crippen molar-refractivity contribution in [2.24, 2.45) is 0 Å². The molecular formula is C23H26FN3O5Si. The summed E-state index contributed by atoms with van der Waals surface area (Å²) in [6.07, 6.45) is 0. The zero-order valence-corrected chi connectivity index (χ0v) is 19.8. The van der Waals surface area contributed by atoms with Gasteiger partial charge in [-0.3, -0.25) is 14.4 Å². The number of H-pyrrole nitrogens is 1. The van der Waals surface area contributed by atoms with E-state index in [1.165, 1.54) is 6.07 Å². The Bertz CT molecular complexity index is 1200. The molecule has 1 aromatic heterocycles. The smallest absolute Gasteiger partial charge is 0.290 e. The molecule has 0 saturated heterocycles. The third kappa shape index (κ3) is 6.05. The lowest BCUT2D eigenvalue weighted by atomic mass is 10.0. The molecular weight excluding hydrogens is 445 g/mol. The molecule has 0 spiro atoms. The lowest BCUT2D eigenvalue weighted by molar-refractivity contribution is -0.118. The Hall–Kier alpha value is -3.50. The summed E-state index contributed by atoms with van der Waals surface area (Å²) in [6.45, 7) is 6.48. The van der Waals surface area contributed by atoms with Gasteiger partial charge in [-0.1, -0.05) is 50.0 Å². The van der Waals surface area contributed by atoms with E-state index in [1.807, 2.05) is 24.8 Å². The summed E-state index contributed by atoms with van der Waals surface area (Å²) >= 11 is 0. The summed E-state index contributed by atoms with van der Waals surface area (Å²) in [5, 5.41) is 7.91. The number of carbonyl (C=O) groups excluding carboxylic acids is 2. The molecule has 1 heterocycles. The lowest BCUT2D eigenvalue weighted by Gasteiger charge is -2.20. The second kappa shape index (κ2) is 9.97. The molecule has 3 N–H and O–H groups in total. The zero-order chi connectivity index (χ0) is 24.2. The third-order valence-corrected chi connectivity index (χ3v) is 6.98. The van der Waals surface area contributed by atoms with Crippen molar-refractivity contribution in [3.63, 3.8) is 0 Å². The summed E-state index contributed by atoms with van der Waals surface area (Å²) < 4.78 is 24.6. The van der Waals surface area contributed by atoms with Crippen LogP contribution in [0.4, 0.5) is 10.1 Å². The van der Waals surface area contributed by atoms with Crippen molar-refractivity contribution < 1.29 is 23.2 Å². The molecule has 10 heteroatoms. The molecule has 3 aromatic rings. The van der Waals surface area contributed by atoms with Crippen molar-refractivity contribution >= 4 is 30.8 Å². The van der Waals surface area contributed by atoms with Gasteiger partial charge < -0.3 is 19.9 Å². The van der Waals surface area contributed by atoms with Gasteiger partial charge in [0, 0.05) is 12.8 Å². The average molecular weight is 472 g/mol. The Morgan fingerprint density at radius 3 is 2.36 bits per heavy atom. The van der Waals surface area contributed by atoms with Crippen LogP contribution in [0.3, 0.4) is 0 Å². The molecule has 8 nitrogen and oxygen atoms in total. The number of nitrogens with one attached hydrogen (secondary N) is 3. The number of aromatic amines is 1. The molecule has 2 amide bonds. The normalized spacial score (nSPS) is 12.3. The summed E-state index contributed by atoms with van der Waals surface area (Å²) in [5.74, 6) is -1.99. The number of amides is 2. The van der Waals surface area contributed by atoms with E-state index in [0.29, 0.717) is 17.4 Å². The van der Waals surface area contributed by atoms with Crippen LogP contribution in [0.15, 0.2) is 57.8 Å². The highest BCUT2D eigenvalue weighted by Gasteiger charge is 2.26. The van der Waals surface area contributed by atoms with Crippen molar-refractivity contribution in [2.45, 2.75) is 32.3 Å². The summed E-state index contributed by atoms with van der Waals surface area (Å²) in [5.41, 5.74) is 1.05. The molecule has 0 fully saturated rings. The fourth-order valence-electron chi connectivity index (χ4n) is 3.29. The topological polar surface area (TPSA) is 113 Å². The molecule has 0 radical (unpaired) electrons. The Balaban J connectivity index is 1.87. The Kier molecular flexibility index (Phi) is 7.29. The molecule has 0 saturated carbocycles. The van der Waals surface area contributed by atoms with Gasteiger partial charge in [-0.2, -0.15) is 5.16 Å². The predicted molar refractivity (Wildman–Crippen MR) is 125 cm³/mol. The minimum Gasteiger partial charge on any atom is -0.380 e. The molecule has 3 rings (SSSR count). The first kappa shape index (κ1) is 24.1. The summed E-state index contributed by atoms with van der Waals surface area (Å²) in [4.78, 5) is 37.0.